The molecule has 0 saturated carbocycles. The largest absolute Gasteiger partial charge is 0.481 e. The van der Waals surface area contributed by atoms with Crippen LogP contribution < -0.4 is 38.9 Å². The molecule has 13 N–H and O–H groups in total. The Morgan fingerprint density at radius 3 is 1.27 bits per heavy atom. The third-order valence-corrected chi connectivity index (χ3v) is 4.92. The molecule has 4 unspecified atom stereocenters. The van der Waals surface area contributed by atoms with Gasteiger partial charge in [-0.25, -0.2) is 4.79 Å². The van der Waals surface area contributed by atoms with E-state index in [1.165, 1.54) is 0 Å². The van der Waals surface area contributed by atoms with Crippen LogP contribution in [0.5, 0.6) is 0 Å². The number of carboxylic acids is 2. The summed E-state index contributed by atoms with van der Waals surface area (Å²) < 4.78 is 0. The number of amides is 6. The van der Waals surface area contributed by atoms with E-state index < -0.39 is 90.8 Å². The lowest BCUT2D eigenvalue weighted by Crippen LogP contribution is -2.57. The van der Waals surface area contributed by atoms with Crippen LogP contribution in [0, 0.1) is 0 Å². The summed E-state index contributed by atoms with van der Waals surface area (Å²) in [4.78, 5) is 93.4. The van der Waals surface area contributed by atoms with Gasteiger partial charge in [0.2, 0.25) is 35.4 Å². The summed E-state index contributed by atoms with van der Waals surface area (Å²) in [6.07, 6.45) is -2.83. The molecule has 0 bridgehead atoms. The highest BCUT2D eigenvalue weighted by molar-refractivity contribution is 5.94. The monoisotopic (exact) mass is 531 g/mol. The zero-order valence-electron chi connectivity index (χ0n) is 19.9. The first kappa shape index (κ1) is 32.7. The van der Waals surface area contributed by atoms with E-state index in [1.807, 2.05) is 0 Å². The maximum absolute atomic E-state index is 12.9. The molecule has 0 aromatic carbocycles. The number of hydrogen-bond acceptors (Lipinski definition) is 9. The standard InChI is InChI=1S/C20H33N7O10/c21-9(1-5-13(22)28)17(33)25-10(2-6-14(23)29)18(34)26-11(3-7-15(24)30)19(35)27-12(20(36)37)4-8-16(31)32/h9-12H,1-8,21H2,(H2,22,28)(H2,23,29)(H2,24,30)(H,25,33)(H,26,34)(H,27,35)(H,31,32)(H,36,37). The lowest BCUT2D eigenvalue weighted by molar-refractivity contribution is -0.143. The molecule has 0 heterocycles. The van der Waals surface area contributed by atoms with Crippen LogP contribution in [-0.4, -0.2) is 81.8 Å². The van der Waals surface area contributed by atoms with Crippen molar-refractivity contribution in [2.75, 3.05) is 0 Å². The van der Waals surface area contributed by atoms with Crippen molar-refractivity contribution in [3.8, 4) is 0 Å². The molecule has 0 aliphatic carbocycles. The Labute approximate surface area is 211 Å². The molecule has 0 fully saturated rings. The van der Waals surface area contributed by atoms with Gasteiger partial charge in [-0.05, 0) is 25.7 Å². The van der Waals surface area contributed by atoms with Crippen molar-refractivity contribution in [3.05, 3.63) is 0 Å². The number of hydrogen-bond donors (Lipinski definition) is 9. The van der Waals surface area contributed by atoms with Gasteiger partial charge in [0.1, 0.15) is 18.1 Å². The van der Waals surface area contributed by atoms with Crippen LogP contribution in [0.1, 0.15) is 51.4 Å². The van der Waals surface area contributed by atoms with Gasteiger partial charge in [0.15, 0.2) is 0 Å². The lowest BCUT2D eigenvalue weighted by atomic mass is 10.0. The minimum absolute atomic E-state index is 0.137. The first-order valence-corrected chi connectivity index (χ1v) is 11.1. The minimum atomic E-state index is -1.62. The maximum Gasteiger partial charge on any atom is 0.326 e. The van der Waals surface area contributed by atoms with E-state index >= 15 is 0 Å². The number of nitrogens with two attached hydrogens (primary N) is 4. The summed E-state index contributed by atoms with van der Waals surface area (Å²) in [5, 5.41) is 24.6. The smallest absolute Gasteiger partial charge is 0.326 e. The molecular weight excluding hydrogens is 498 g/mol. The van der Waals surface area contributed by atoms with Crippen LogP contribution in [-0.2, 0) is 38.4 Å². The SMILES string of the molecule is NC(=O)CCC(N)C(=O)NC(CCC(N)=O)C(=O)NC(CCC(N)=O)C(=O)NC(CCC(=O)O)C(=O)O. The lowest BCUT2D eigenvalue weighted by Gasteiger charge is -2.25. The Balaban J connectivity index is 5.64. The second-order valence-corrected chi connectivity index (χ2v) is 8.08. The molecule has 0 aliphatic heterocycles. The van der Waals surface area contributed by atoms with E-state index in [-0.39, 0.29) is 32.1 Å². The molecule has 0 aromatic rings. The van der Waals surface area contributed by atoms with Gasteiger partial charge in [-0.3, -0.25) is 33.6 Å². The van der Waals surface area contributed by atoms with Crippen LogP contribution in [0.15, 0.2) is 0 Å². The summed E-state index contributed by atoms with van der Waals surface area (Å²) in [7, 11) is 0. The number of carboxylic acid groups (broad SMARTS) is 2. The van der Waals surface area contributed by atoms with Gasteiger partial charge in [-0.2, -0.15) is 0 Å². The Bertz CT molecular complexity index is 895. The first-order valence-electron chi connectivity index (χ1n) is 11.1. The van der Waals surface area contributed by atoms with Crippen LogP contribution in [0.2, 0.25) is 0 Å². The van der Waals surface area contributed by atoms with Crippen LogP contribution >= 0.6 is 0 Å². The van der Waals surface area contributed by atoms with Gasteiger partial charge < -0.3 is 49.1 Å². The zero-order valence-corrected chi connectivity index (χ0v) is 19.9. The summed E-state index contributed by atoms with van der Waals surface area (Å²) in [5.74, 6) is -8.14. The molecule has 0 aliphatic rings. The van der Waals surface area contributed by atoms with Gasteiger partial charge in [-0.15, -0.1) is 0 Å². The summed E-state index contributed by atoms with van der Waals surface area (Å²) in [6.45, 7) is 0. The number of primary amides is 3. The normalized spacial score (nSPS) is 13.8. The van der Waals surface area contributed by atoms with Crippen molar-refractivity contribution in [1.29, 1.82) is 0 Å². The summed E-state index contributed by atoms with van der Waals surface area (Å²) >= 11 is 0. The zero-order chi connectivity index (χ0) is 28.7. The molecule has 0 saturated heterocycles. The van der Waals surface area contributed by atoms with E-state index in [0.717, 1.165) is 0 Å². The van der Waals surface area contributed by atoms with Crippen LogP contribution in [0.4, 0.5) is 0 Å². The van der Waals surface area contributed by atoms with Crippen molar-refractivity contribution in [1.82, 2.24) is 16.0 Å². The average molecular weight is 532 g/mol. The maximum atomic E-state index is 12.9. The molecule has 0 radical (unpaired) electrons. The first-order chi connectivity index (χ1) is 17.1. The number of carbonyl (C=O) groups excluding carboxylic acids is 6. The molecule has 17 heteroatoms. The second-order valence-electron chi connectivity index (χ2n) is 8.08. The number of rotatable bonds is 19. The van der Waals surface area contributed by atoms with E-state index in [9.17, 15) is 43.5 Å². The summed E-state index contributed by atoms with van der Waals surface area (Å²) in [5.41, 5.74) is 20.9. The highest BCUT2D eigenvalue weighted by Gasteiger charge is 2.31. The number of nitrogens with one attached hydrogen (secondary N) is 3. The molecule has 37 heavy (non-hydrogen) atoms. The third-order valence-electron chi connectivity index (χ3n) is 4.92. The molecular formula is C20H33N7O10. The molecule has 6 amide bonds. The van der Waals surface area contributed by atoms with E-state index in [4.69, 9.17) is 28.0 Å². The predicted octanol–water partition coefficient (Wildman–Crippen LogP) is -4.49. The van der Waals surface area contributed by atoms with Crippen molar-refractivity contribution in [2.24, 2.45) is 22.9 Å². The van der Waals surface area contributed by atoms with Gasteiger partial charge >= 0.3 is 11.9 Å². The Kier molecular flexibility index (Phi) is 14.5. The fraction of sp³-hybridized carbons (Fsp3) is 0.600. The van der Waals surface area contributed by atoms with Crippen molar-refractivity contribution in [2.45, 2.75) is 75.5 Å². The topological polar surface area (TPSA) is 317 Å². The Morgan fingerprint density at radius 2 is 0.892 bits per heavy atom. The van der Waals surface area contributed by atoms with Crippen molar-refractivity contribution < 1.29 is 48.6 Å². The molecule has 208 valence electrons. The van der Waals surface area contributed by atoms with Crippen LogP contribution in [0.25, 0.3) is 0 Å². The third kappa shape index (κ3) is 14.7. The predicted molar refractivity (Wildman–Crippen MR) is 124 cm³/mol. The highest BCUT2D eigenvalue weighted by Crippen LogP contribution is 2.06. The fourth-order valence-corrected chi connectivity index (χ4v) is 2.89. The Morgan fingerprint density at radius 1 is 0.541 bits per heavy atom. The van der Waals surface area contributed by atoms with E-state index in [1.54, 1.807) is 0 Å². The van der Waals surface area contributed by atoms with Crippen molar-refractivity contribution >= 4 is 47.4 Å². The quantitative estimate of drug-likeness (QED) is 0.0764. The second kappa shape index (κ2) is 16.4. The van der Waals surface area contributed by atoms with Gasteiger partial charge in [0.05, 0.1) is 6.04 Å². The molecule has 4 atom stereocenters. The molecule has 0 rings (SSSR count). The fourth-order valence-electron chi connectivity index (χ4n) is 2.89. The van der Waals surface area contributed by atoms with Gasteiger partial charge in [-0.1, -0.05) is 0 Å². The van der Waals surface area contributed by atoms with Crippen molar-refractivity contribution in [3.63, 3.8) is 0 Å². The van der Waals surface area contributed by atoms with Gasteiger partial charge in [0.25, 0.3) is 0 Å². The number of carbonyl (C=O) groups is 8. The van der Waals surface area contributed by atoms with Crippen LogP contribution in [0.3, 0.4) is 0 Å². The average Bonchev–Trinajstić information content (AvgIpc) is 2.79. The Hall–Kier alpha value is -4.28. The molecule has 0 spiro atoms. The number of aliphatic carboxylic acids is 2. The van der Waals surface area contributed by atoms with E-state index in [2.05, 4.69) is 16.0 Å². The minimum Gasteiger partial charge on any atom is -0.481 e. The van der Waals surface area contributed by atoms with E-state index in [0.29, 0.717) is 0 Å². The highest BCUT2D eigenvalue weighted by atomic mass is 16.4. The van der Waals surface area contributed by atoms with Gasteiger partial charge in [0, 0.05) is 25.7 Å². The molecule has 0 aromatic heterocycles. The molecule has 17 nitrogen and oxygen atoms in total. The summed E-state index contributed by atoms with van der Waals surface area (Å²) in [6, 6.07) is -5.82.